The second-order valence-electron chi connectivity index (χ2n) is 14.8. The van der Waals surface area contributed by atoms with E-state index in [1.807, 2.05) is 62.4 Å². The molecule has 8 heterocycles. The van der Waals surface area contributed by atoms with Gasteiger partial charge in [0.05, 0.1) is 63.9 Å². The molecule has 19 heteroatoms. The second kappa shape index (κ2) is 20.2. The van der Waals surface area contributed by atoms with E-state index in [1.165, 1.54) is 0 Å². The standard InChI is InChI=1S/C21H25N7O2.C11H16ClN5O2.C10H10N2/c1-15-2-3-16-14-17(4-5-18(16)22-15)23-19-24-20(27-6-10-29-11-7-27)26-21(25-19)28-8-12-30-13-9-28;12-9-13-10(16-1-5-18-6-2-16)15-11(14-9)17-3-7-19-8-4-17;1-7-2-3-8-6-9(11)4-5-10(8)12-7/h2-5,14H,6-13H2,1H3,(H,23,24,25,26);1-8H2;2-6H,11H2,1H3. The molecule has 6 aromatic rings. The van der Waals surface area contributed by atoms with Crippen LogP contribution in [0.25, 0.3) is 21.8 Å². The summed E-state index contributed by atoms with van der Waals surface area (Å²) < 4.78 is 21.6. The third kappa shape index (κ3) is 11.3. The Balaban J connectivity index is 0.000000141. The van der Waals surface area contributed by atoms with Crippen LogP contribution in [0.3, 0.4) is 0 Å². The Hall–Kier alpha value is -5.79. The van der Waals surface area contributed by atoms with Crippen LogP contribution < -0.4 is 30.7 Å². The summed E-state index contributed by atoms with van der Waals surface area (Å²) in [6.07, 6.45) is 0. The second-order valence-corrected chi connectivity index (χ2v) is 15.1. The molecule has 0 saturated carbocycles. The zero-order valence-electron chi connectivity index (χ0n) is 34.5. The maximum atomic E-state index is 6.01. The molecule has 0 unspecified atom stereocenters. The number of hydrogen-bond donors (Lipinski definition) is 2. The fraction of sp³-hybridized carbons (Fsp3) is 0.429. The van der Waals surface area contributed by atoms with Gasteiger partial charge >= 0.3 is 0 Å². The van der Waals surface area contributed by atoms with Gasteiger partial charge in [-0.1, -0.05) is 12.1 Å². The highest BCUT2D eigenvalue weighted by atomic mass is 35.5. The number of nitrogens with two attached hydrogens (primary N) is 1. The molecule has 320 valence electrons. The van der Waals surface area contributed by atoms with E-state index < -0.39 is 0 Å². The fourth-order valence-corrected chi connectivity index (χ4v) is 7.19. The van der Waals surface area contributed by atoms with Gasteiger partial charge in [0, 0.05) is 85.9 Å². The number of anilines is 7. The van der Waals surface area contributed by atoms with Crippen molar-refractivity contribution >= 4 is 74.5 Å². The van der Waals surface area contributed by atoms with Crippen LogP contribution in [0.1, 0.15) is 11.4 Å². The molecule has 4 aromatic heterocycles. The molecule has 0 aliphatic carbocycles. The first-order chi connectivity index (χ1) is 29.8. The summed E-state index contributed by atoms with van der Waals surface area (Å²) in [5.41, 5.74) is 11.4. The zero-order valence-corrected chi connectivity index (χ0v) is 35.3. The smallest absolute Gasteiger partial charge is 0.233 e. The topological polar surface area (TPSA) is 191 Å². The normalized spacial score (nSPS) is 17.0. The number of fused-ring (bicyclic) bond motifs is 2. The van der Waals surface area contributed by atoms with Crippen molar-refractivity contribution in [2.45, 2.75) is 13.8 Å². The number of pyridine rings is 2. The Labute approximate surface area is 359 Å². The Morgan fingerprint density at radius 2 is 0.869 bits per heavy atom. The largest absolute Gasteiger partial charge is 0.399 e. The van der Waals surface area contributed by atoms with Crippen LogP contribution in [0.5, 0.6) is 0 Å². The van der Waals surface area contributed by atoms with Crippen molar-refractivity contribution in [1.29, 1.82) is 0 Å². The summed E-state index contributed by atoms with van der Waals surface area (Å²) in [7, 11) is 0. The van der Waals surface area contributed by atoms with Crippen molar-refractivity contribution in [3.8, 4) is 0 Å². The Kier molecular flexibility index (Phi) is 13.9. The van der Waals surface area contributed by atoms with E-state index in [-0.39, 0.29) is 5.28 Å². The number of hydrogen-bond acceptors (Lipinski definition) is 18. The monoisotopic (exact) mass is 850 g/mol. The minimum absolute atomic E-state index is 0.234. The van der Waals surface area contributed by atoms with E-state index >= 15 is 0 Å². The highest BCUT2D eigenvalue weighted by molar-refractivity contribution is 6.28. The predicted octanol–water partition coefficient (Wildman–Crippen LogP) is 4.47. The summed E-state index contributed by atoms with van der Waals surface area (Å²) in [5.74, 6) is 3.15. The van der Waals surface area contributed by atoms with E-state index in [1.54, 1.807) is 0 Å². The maximum absolute atomic E-state index is 6.01. The van der Waals surface area contributed by atoms with Crippen LogP contribution in [0.15, 0.2) is 60.7 Å². The van der Waals surface area contributed by atoms with Crippen molar-refractivity contribution in [2.75, 3.05) is 136 Å². The quantitative estimate of drug-likeness (QED) is 0.223. The third-order valence-electron chi connectivity index (χ3n) is 10.3. The van der Waals surface area contributed by atoms with Gasteiger partial charge in [0.2, 0.25) is 35.0 Å². The van der Waals surface area contributed by atoms with Crippen LogP contribution in [0.2, 0.25) is 5.28 Å². The van der Waals surface area contributed by atoms with Gasteiger partial charge < -0.3 is 49.6 Å². The van der Waals surface area contributed by atoms with E-state index in [9.17, 15) is 0 Å². The van der Waals surface area contributed by atoms with Crippen LogP contribution >= 0.6 is 11.6 Å². The van der Waals surface area contributed by atoms with Gasteiger partial charge in [-0.15, -0.1) is 0 Å². The number of rotatable bonds is 6. The molecule has 4 aliphatic heterocycles. The first kappa shape index (κ1) is 41.9. The highest BCUT2D eigenvalue weighted by Crippen LogP contribution is 2.24. The van der Waals surface area contributed by atoms with Gasteiger partial charge in [-0.3, -0.25) is 9.97 Å². The number of aryl methyl sites for hydroxylation is 2. The van der Waals surface area contributed by atoms with Crippen LogP contribution in [0.4, 0.5) is 41.1 Å². The van der Waals surface area contributed by atoms with Gasteiger partial charge in [0.1, 0.15) is 0 Å². The lowest BCUT2D eigenvalue weighted by molar-refractivity contribution is 0.121. The molecule has 61 heavy (non-hydrogen) atoms. The lowest BCUT2D eigenvalue weighted by Crippen LogP contribution is -2.40. The summed E-state index contributed by atoms with van der Waals surface area (Å²) in [6, 6.07) is 19.9. The van der Waals surface area contributed by atoms with Crippen molar-refractivity contribution in [3.05, 3.63) is 77.3 Å². The van der Waals surface area contributed by atoms with E-state index in [4.69, 9.17) is 51.2 Å². The minimum Gasteiger partial charge on any atom is -0.399 e. The van der Waals surface area contributed by atoms with Gasteiger partial charge in [-0.05, 0) is 74.0 Å². The van der Waals surface area contributed by atoms with E-state index in [0.29, 0.717) is 82.6 Å². The summed E-state index contributed by atoms with van der Waals surface area (Å²) >= 11 is 6.01. The molecule has 0 atom stereocenters. The molecule has 0 spiro atoms. The number of ether oxygens (including phenoxy) is 4. The lowest BCUT2D eigenvalue weighted by atomic mass is 10.2. The number of halogens is 1. The molecule has 0 bridgehead atoms. The molecule has 4 fully saturated rings. The number of nitrogens with one attached hydrogen (secondary N) is 1. The van der Waals surface area contributed by atoms with Crippen molar-refractivity contribution in [2.24, 2.45) is 0 Å². The molecule has 18 nitrogen and oxygen atoms in total. The number of nitrogens with zero attached hydrogens (tertiary/aromatic N) is 12. The summed E-state index contributed by atoms with van der Waals surface area (Å²) in [6.45, 7) is 15.7. The van der Waals surface area contributed by atoms with Crippen molar-refractivity contribution in [3.63, 3.8) is 0 Å². The third-order valence-corrected chi connectivity index (χ3v) is 10.5. The first-order valence-electron chi connectivity index (χ1n) is 20.6. The van der Waals surface area contributed by atoms with E-state index in [0.717, 1.165) is 96.9 Å². The van der Waals surface area contributed by atoms with Crippen LogP contribution in [0, 0.1) is 13.8 Å². The number of nitrogen functional groups attached to an aromatic ring is 1. The predicted molar refractivity (Wildman–Crippen MR) is 237 cm³/mol. The molecule has 4 aliphatic rings. The fourth-order valence-electron chi connectivity index (χ4n) is 7.04. The highest BCUT2D eigenvalue weighted by Gasteiger charge is 2.22. The zero-order chi connectivity index (χ0) is 42.0. The van der Waals surface area contributed by atoms with Crippen LogP contribution in [-0.2, 0) is 18.9 Å². The SMILES string of the molecule is Cc1ccc2cc(N)ccc2n1.Cc1ccc2cc(Nc3nc(N4CCOCC4)nc(N4CCOCC4)n3)ccc2n1.Clc1nc(N2CCOCC2)nc(N2CCOCC2)n1. The summed E-state index contributed by atoms with van der Waals surface area (Å²) in [4.78, 5) is 44.5. The van der Waals surface area contributed by atoms with Gasteiger partial charge in [0.15, 0.2) is 0 Å². The Bertz CT molecular complexity index is 2280. The molecule has 3 N–H and O–H groups in total. The molecular weight excluding hydrogens is 800 g/mol. The Morgan fingerprint density at radius 3 is 1.31 bits per heavy atom. The Morgan fingerprint density at radius 1 is 0.475 bits per heavy atom. The van der Waals surface area contributed by atoms with Gasteiger partial charge in [-0.25, -0.2) is 0 Å². The first-order valence-corrected chi connectivity index (χ1v) is 21.0. The van der Waals surface area contributed by atoms with E-state index in [2.05, 4.69) is 62.0 Å². The van der Waals surface area contributed by atoms with Crippen molar-refractivity contribution < 1.29 is 18.9 Å². The van der Waals surface area contributed by atoms with Gasteiger partial charge in [0.25, 0.3) is 0 Å². The lowest BCUT2D eigenvalue weighted by Gasteiger charge is -2.30. The molecule has 10 rings (SSSR count). The number of aromatic nitrogens is 8. The minimum atomic E-state index is 0.234. The average Bonchev–Trinajstić information content (AvgIpc) is 3.30. The summed E-state index contributed by atoms with van der Waals surface area (Å²) in [5, 5.41) is 5.77. The number of benzene rings is 2. The molecule has 0 amide bonds. The molecule has 4 saturated heterocycles. The maximum Gasteiger partial charge on any atom is 0.233 e. The van der Waals surface area contributed by atoms with Crippen molar-refractivity contribution in [1.82, 2.24) is 39.9 Å². The van der Waals surface area contributed by atoms with Crippen LogP contribution in [-0.4, -0.2) is 145 Å². The number of morpholine rings is 4. The average molecular weight is 851 g/mol. The molecular formula is C42H51ClN14O4. The molecule has 0 radical (unpaired) electrons. The molecule has 2 aromatic carbocycles. The van der Waals surface area contributed by atoms with Gasteiger partial charge in [-0.2, -0.15) is 29.9 Å².